The molecule has 4 heterocycles. The monoisotopic (exact) mass is 401 g/mol. The number of rotatable bonds is 1. The normalized spacial score (nSPS) is 15.0. The maximum Gasteiger partial charge on any atom is 0.643 e. The van der Waals surface area contributed by atoms with Gasteiger partial charge in [-0.05, 0) is 49.2 Å². The molecule has 4 aromatic rings. The first-order valence-corrected chi connectivity index (χ1v) is 10.9. The minimum atomic E-state index is 0.0299. The summed E-state index contributed by atoms with van der Waals surface area (Å²) in [5.74, 6) is 1.24. The summed E-state index contributed by atoms with van der Waals surface area (Å²) >= 11 is 0. The van der Waals surface area contributed by atoms with Crippen LogP contribution in [0.2, 0.25) is 0 Å². The molecular formula is C26H22BN4+. The zero-order valence-electron chi connectivity index (χ0n) is 17.7. The van der Waals surface area contributed by atoms with Gasteiger partial charge in [-0.15, -0.1) is 0 Å². The Balaban J connectivity index is 1.56. The van der Waals surface area contributed by atoms with Crippen LogP contribution in [0.25, 0.3) is 0 Å². The van der Waals surface area contributed by atoms with Crippen molar-refractivity contribution in [2.45, 2.75) is 20.4 Å². The average molecular weight is 401 g/mol. The van der Waals surface area contributed by atoms with Gasteiger partial charge in [0.25, 0.3) is 5.82 Å². The van der Waals surface area contributed by atoms with Crippen LogP contribution in [0.3, 0.4) is 0 Å². The molecule has 7 rings (SSSR count). The van der Waals surface area contributed by atoms with E-state index in [4.69, 9.17) is 0 Å². The zero-order chi connectivity index (χ0) is 20.7. The molecule has 0 radical (unpaired) electrons. The maximum absolute atomic E-state index is 2.53. The highest BCUT2D eigenvalue weighted by Crippen LogP contribution is 2.57. The van der Waals surface area contributed by atoms with E-state index in [1.807, 2.05) is 0 Å². The fourth-order valence-electron chi connectivity index (χ4n) is 5.67. The summed E-state index contributed by atoms with van der Waals surface area (Å²) in [6.45, 7) is 5.35. The summed E-state index contributed by atoms with van der Waals surface area (Å²) in [4.78, 5) is 7.58. The molecule has 148 valence electrons. The lowest BCUT2D eigenvalue weighted by atomic mass is 9.85. The van der Waals surface area contributed by atoms with Crippen LogP contribution in [0.4, 0.5) is 34.3 Å². The fourth-order valence-corrected chi connectivity index (χ4v) is 5.67. The van der Waals surface area contributed by atoms with Crippen molar-refractivity contribution in [3.05, 3.63) is 102 Å². The van der Waals surface area contributed by atoms with Gasteiger partial charge in [-0.1, -0.05) is 48.5 Å². The molecule has 4 nitrogen and oxygen atoms in total. The van der Waals surface area contributed by atoms with E-state index in [0.717, 1.165) is 6.54 Å². The Morgan fingerprint density at radius 2 is 1.32 bits per heavy atom. The second-order valence-corrected chi connectivity index (χ2v) is 8.66. The molecule has 0 aliphatic carbocycles. The summed E-state index contributed by atoms with van der Waals surface area (Å²) in [6.07, 6.45) is 2.19. The summed E-state index contributed by atoms with van der Waals surface area (Å²) < 4.78 is 2.36. The third kappa shape index (κ3) is 2.08. The number of pyridine rings is 1. The summed E-state index contributed by atoms with van der Waals surface area (Å²) in [5, 5.41) is 0. The molecule has 0 saturated carbocycles. The molecular weight excluding hydrogens is 379 g/mol. The Morgan fingerprint density at radius 1 is 0.645 bits per heavy atom. The largest absolute Gasteiger partial charge is 0.643 e. The van der Waals surface area contributed by atoms with E-state index < -0.39 is 0 Å². The number of anilines is 6. The van der Waals surface area contributed by atoms with Crippen LogP contribution in [-0.2, 0) is 6.54 Å². The highest BCUT2D eigenvalue weighted by Gasteiger charge is 2.62. The molecule has 0 unspecified atom stereocenters. The smallest absolute Gasteiger partial charge is 0.320 e. The molecule has 3 aliphatic rings. The Labute approximate surface area is 182 Å². The zero-order valence-corrected chi connectivity index (χ0v) is 17.7. The predicted octanol–water partition coefficient (Wildman–Crippen LogP) is 5.38. The van der Waals surface area contributed by atoms with Crippen molar-refractivity contribution in [2.24, 2.45) is 0 Å². The minimum absolute atomic E-state index is 0.0299. The van der Waals surface area contributed by atoms with Gasteiger partial charge in [0.05, 0.1) is 23.3 Å². The van der Waals surface area contributed by atoms with Crippen molar-refractivity contribution in [1.82, 2.24) is 0 Å². The Hall–Kier alpha value is -3.73. The number of nitrogens with zero attached hydrogens (tertiary/aromatic N) is 4. The number of para-hydroxylation sites is 4. The fraction of sp³-hybridized carbons (Fsp3) is 0.115. The highest BCUT2D eigenvalue weighted by molar-refractivity contribution is 6.80. The molecule has 1 aromatic heterocycles. The molecule has 3 aromatic carbocycles. The van der Waals surface area contributed by atoms with Crippen molar-refractivity contribution < 1.29 is 4.57 Å². The van der Waals surface area contributed by atoms with Gasteiger partial charge in [0.15, 0.2) is 0 Å². The summed E-state index contributed by atoms with van der Waals surface area (Å²) in [5.41, 5.74) is 10.4. The van der Waals surface area contributed by atoms with E-state index in [1.54, 1.807) is 0 Å². The van der Waals surface area contributed by atoms with Gasteiger partial charge >= 0.3 is 7.12 Å². The molecule has 0 N–H and O–H groups in total. The lowest BCUT2D eigenvalue weighted by Gasteiger charge is -2.30. The van der Waals surface area contributed by atoms with Crippen molar-refractivity contribution in [3.8, 4) is 0 Å². The van der Waals surface area contributed by atoms with Crippen molar-refractivity contribution in [3.63, 3.8) is 0 Å². The quantitative estimate of drug-likeness (QED) is 0.314. The lowest BCUT2D eigenvalue weighted by Crippen LogP contribution is -2.57. The van der Waals surface area contributed by atoms with E-state index in [-0.39, 0.29) is 7.12 Å². The molecule has 5 heteroatoms. The van der Waals surface area contributed by atoms with Crippen molar-refractivity contribution in [2.75, 3.05) is 14.4 Å². The van der Waals surface area contributed by atoms with Crippen LogP contribution in [0.15, 0.2) is 85.1 Å². The van der Waals surface area contributed by atoms with E-state index >= 15 is 0 Å². The third-order valence-electron chi connectivity index (χ3n) is 6.88. The molecule has 31 heavy (non-hydrogen) atoms. The second kappa shape index (κ2) is 5.91. The average Bonchev–Trinajstić information content (AvgIpc) is 3.29. The van der Waals surface area contributed by atoms with Crippen LogP contribution in [-0.4, -0.2) is 7.12 Å². The first-order valence-electron chi connectivity index (χ1n) is 10.9. The number of aromatic nitrogens is 1. The van der Waals surface area contributed by atoms with Crippen LogP contribution >= 0.6 is 0 Å². The van der Waals surface area contributed by atoms with E-state index in [1.165, 1.54) is 50.9 Å². The SMILES string of the molecule is Cc1cccc(C)c1N1B2N(c3ccccc31)c1cccc3c1N2c1cccc[n+]1C3. The first-order chi connectivity index (χ1) is 15.2. The van der Waals surface area contributed by atoms with Gasteiger partial charge in [-0.2, -0.15) is 0 Å². The molecule has 0 atom stereocenters. The van der Waals surface area contributed by atoms with Gasteiger partial charge in [-0.3, -0.25) is 0 Å². The van der Waals surface area contributed by atoms with Crippen LogP contribution in [0.5, 0.6) is 0 Å². The summed E-state index contributed by atoms with van der Waals surface area (Å²) in [6, 6.07) is 28.7. The van der Waals surface area contributed by atoms with Gasteiger partial charge < -0.3 is 9.62 Å². The van der Waals surface area contributed by atoms with Crippen LogP contribution in [0.1, 0.15) is 16.7 Å². The number of aryl methyl sites for hydroxylation is 2. The maximum atomic E-state index is 2.53. The van der Waals surface area contributed by atoms with Gasteiger partial charge in [-0.25, -0.2) is 9.38 Å². The second-order valence-electron chi connectivity index (χ2n) is 8.66. The molecule has 0 saturated heterocycles. The van der Waals surface area contributed by atoms with E-state index in [0.29, 0.717) is 0 Å². The molecule has 0 fully saturated rings. The van der Waals surface area contributed by atoms with E-state index in [9.17, 15) is 0 Å². The molecule has 0 bridgehead atoms. The Bertz CT molecular complexity index is 1360. The van der Waals surface area contributed by atoms with Crippen molar-refractivity contribution >= 4 is 41.4 Å². The number of hydrogen-bond donors (Lipinski definition) is 0. The highest BCUT2D eigenvalue weighted by atomic mass is 15.5. The number of hydrogen-bond acceptors (Lipinski definition) is 3. The topological polar surface area (TPSA) is 13.6 Å². The molecule has 3 aliphatic heterocycles. The number of benzene rings is 3. The first kappa shape index (κ1) is 17.0. The van der Waals surface area contributed by atoms with Crippen molar-refractivity contribution in [1.29, 1.82) is 0 Å². The lowest BCUT2D eigenvalue weighted by molar-refractivity contribution is -0.676. The third-order valence-corrected chi connectivity index (χ3v) is 6.88. The Morgan fingerprint density at radius 3 is 2.13 bits per heavy atom. The summed E-state index contributed by atoms with van der Waals surface area (Å²) in [7, 11) is 0.0299. The van der Waals surface area contributed by atoms with Crippen LogP contribution < -0.4 is 19.0 Å². The molecule has 0 amide bonds. The van der Waals surface area contributed by atoms with Gasteiger partial charge in [0, 0.05) is 17.3 Å². The van der Waals surface area contributed by atoms with Crippen LogP contribution in [0, 0.1) is 13.8 Å². The van der Waals surface area contributed by atoms with Gasteiger partial charge in [0.2, 0.25) is 0 Å². The van der Waals surface area contributed by atoms with Gasteiger partial charge in [0.1, 0.15) is 12.2 Å². The van der Waals surface area contributed by atoms with E-state index in [2.05, 4.69) is 118 Å². The Kier molecular flexibility index (Phi) is 3.24. The molecule has 0 spiro atoms. The standard InChI is InChI=1S/C26H22BN4/c1-18-9-7-10-19(2)25(18)30-22-13-4-3-12-21(22)29-23-14-8-11-20-17-28-16-6-5-15-24(28)31(26(20)23)27(29)30/h3-16H,17H2,1-2H3/q+1. The minimum Gasteiger partial charge on any atom is -0.320 e. The predicted molar refractivity (Wildman–Crippen MR) is 127 cm³/mol. The number of fused-ring (bicyclic) bond motifs is 7.